The predicted molar refractivity (Wildman–Crippen MR) is 156 cm³/mol. The number of sulfonamides is 1. The molecule has 41 heavy (non-hydrogen) atoms. The predicted octanol–water partition coefficient (Wildman–Crippen LogP) is 5.82. The summed E-state index contributed by atoms with van der Waals surface area (Å²) in [6.07, 6.45) is 7.60. The molecule has 0 aliphatic heterocycles. The molecule has 2 fully saturated rings. The molecule has 0 unspecified atom stereocenters. The van der Waals surface area contributed by atoms with Crippen LogP contribution < -0.4 is 10.1 Å². The van der Waals surface area contributed by atoms with E-state index in [-0.39, 0.29) is 30.7 Å². The van der Waals surface area contributed by atoms with Crippen LogP contribution in [0.5, 0.6) is 5.75 Å². The largest absolute Gasteiger partial charge is 0.490 e. The Labute approximate surface area is 245 Å². The highest BCUT2D eigenvalue weighted by atomic mass is 35.5. The highest BCUT2D eigenvalue weighted by Crippen LogP contribution is 2.53. The maximum Gasteiger partial charge on any atom is 0.404 e. The monoisotopic (exact) mass is 599 g/mol. The molecular formula is C30H34ClN3O6S. The Morgan fingerprint density at radius 2 is 1.93 bits per heavy atom. The van der Waals surface area contributed by atoms with Crippen LogP contribution >= 0.6 is 11.6 Å². The van der Waals surface area contributed by atoms with Gasteiger partial charge in [-0.1, -0.05) is 29.8 Å². The highest BCUT2D eigenvalue weighted by Gasteiger charge is 2.48. The Bertz CT molecular complexity index is 1510. The summed E-state index contributed by atoms with van der Waals surface area (Å²) in [5.41, 5.74) is 3.02. The van der Waals surface area contributed by atoms with E-state index in [0.29, 0.717) is 23.4 Å². The first-order chi connectivity index (χ1) is 19.7. The normalized spacial score (nSPS) is 16.0. The van der Waals surface area contributed by atoms with Crippen LogP contribution in [0, 0.1) is 0 Å². The van der Waals surface area contributed by atoms with E-state index in [9.17, 15) is 13.2 Å². The summed E-state index contributed by atoms with van der Waals surface area (Å²) in [6, 6.07) is 14.6. The molecule has 1 amide bonds. The van der Waals surface area contributed by atoms with Crippen molar-refractivity contribution in [2.45, 2.75) is 61.7 Å². The molecule has 0 atom stereocenters. The fourth-order valence-electron chi connectivity index (χ4n) is 4.75. The fraction of sp³-hybridized carbons (Fsp3) is 0.400. The number of unbranched alkanes of at least 4 members (excludes halogenated alkanes) is 1. The van der Waals surface area contributed by atoms with Crippen LogP contribution in [0.1, 0.15) is 49.7 Å². The minimum atomic E-state index is -3.77. The summed E-state index contributed by atoms with van der Waals surface area (Å²) in [7, 11) is -2.25. The van der Waals surface area contributed by atoms with Gasteiger partial charge in [0.15, 0.2) is 0 Å². The van der Waals surface area contributed by atoms with Crippen LogP contribution in [-0.4, -0.2) is 55.1 Å². The molecule has 2 saturated carbocycles. The van der Waals surface area contributed by atoms with Crippen molar-refractivity contribution >= 4 is 27.7 Å². The summed E-state index contributed by atoms with van der Waals surface area (Å²) in [5.74, 6) is 0.849. The van der Waals surface area contributed by atoms with Crippen molar-refractivity contribution in [1.82, 2.24) is 14.6 Å². The number of carbonyl (C=O) groups is 1. The van der Waals surface area contributed by atoms with Gasteiger partial charge < -0.3 is 19.9 Å². The standard InChI is InChI=1S/C30H34ClN3O6S/c1-34(17-5-4-15-33-29(35)36)41(37,38)23-10-11-27(31)21(18-23)20-39-30(13-14-30)26-19-32-16-12-24(26)25-6-2-3-7-28(25)40-22-8-9-22/h2-3,6-7,10-12,16,18-19,22,33H,4-5,8-9,13-15,17,20H2,1H3,(H,35,36). The summed E-state index contributed by atoms with van der Waals surface area (Å²) in [5, 5.41) is 11.4. The molecule has 0 saturated heterocycles. The van der Waals surface area contributed by atoms with Crippen molar-refractivity contribution < 1.29 is 27.8 Å². The van der Waals surface area contributed by atoms with E-state index in [4.69, 9.17) is 26.2 Å². The topological polar surface area (TPSA) is 118 Å². The second kappa shape index (κ2) is 12.4. The molecule has 2 aromatic carbocycles. The molecule has 0 bridgehead atoms. The number of para-hydroxylation sites is 1. The zero-order valence-electron chi connectivity index (χ0n) is 22.9. The molecule has 3 aromatic rings. The zero-order chi connectivity index (χ0) is 29.0. The van der Waals surface area contributed by atoms with E-state index >= 15 is 0 Å². The van der Waals surface area contributed by atoms with Gasteiger partial charge in [0, 0.05) is 48.7 Å². The number of ether oxygens (including phenoxy) is 2. The number of carboxylic acid groups (broad SMARTS) is 1. The molecule has 11 heteroatoms. The van der Waals surface area contributed by atoms with Crippen LogP contribution in [0.15, 0.2) is 65.8 Å². The summed E-state index contributed by atoms with van der Waals surface area (Å²) in [4.78, 5) is 15.1. The first-order valence-electron chi connectivity index (χ1n) is 13.8. The third kappa shape index (κ3) is 7.01. The first kappa shape index (κ1) is 29.3. The average Bonchev–Trinajstić information content (AvgIpc) is 3.90. The van der Waals surface area contributed by atoms with Gasteiger partial charge in [0.25, 0.3) is 0 Å². The van der Waals surface area contributed by atoms with Crippen LogP contribution in [0.2, 0.25) is 5.02 Å². The van der Waals surface area contributed by atoms with Gasteiger partial charge in [0.1, 0.15) is 5.75 Å². The minimum absolute atomic E-state index is 0.129. The van der Waals surface area contributed by atoms with Crippen molar-refractivity contribution in [2.24, 2.45) is 0 Å². The lowest BCUT2D eigenvalue weighted by atomic mass is 9.96. The van der Waals surface area contributed by atoms with E-state index in [1.54, 1.807) is 18.3 Å². The summed E-state index contributed by atoms with van der Waals surface area (Å²) < 4.78 is 40.4. The molecule has 1 heterocycles. The molecule has 9 nitrogen and oxygen atoms in total. The van der Waals surface area contributed by atoms with Gasteiger partial charge in [-0.2, -0.15) is 0 Å². The Hall–Kier alpha value is -3.18. The second-order valence-corrected chi connectivity index (χ2v) is 13.0. The van der Waals surface area contributed by atoms with Crippen LogP contribution in [0.25, 0.3) is 11.1 Å². The van der Waals surface area contributed by atoms with Crippen LogP contribution in [-0.2, 0) is 27.0 Å². The molecule has 2 N–H and O–H groups in total. The molecule has 5 rings (SSSR count). The minimum Gasteiger partial charge on any atom is -0.490 e. The number of nitrogens with one attached hydrogen (secondary N) is 1. The number of halogens is 1. The van der Waals surface area contributed by atoms with Gasteiger partial charge in [0.2, 0.25) is 10.0 Å². The number of hydrogen-bond acceptors (Lipinski definition) is 6. The molecule has 2 aliphatic carbocycles. The number of nitrogens with zero attached hydrogens (tertiary/aromatic N) is 2. The van der Waals surface area contributed by atoms with E-state index in [2.05, 4.69) is 16.4 Å². The highest BCUT2D eigenvalue weighted by molar-refractivity contribution is 7.89. The lowest BCUT2D eigenvalue weighted by Gasteiger charge is -2.22. The van der Waals surface area contributed by atoms with E-state index < -0.39 is 21.7 Å². The second-order valence-electron chi connectivity index (χ2n) is 10.5. The summed E-state index contributed by atoms with van der Waals surface area (Å²) >= 11 is 6.50. The maximum atomic E-state index is 13.2. The Balaban J connectivity index is 1.30. The number of pyridine rings is 1. The molecule has 0 radical (unpaired) electrons. The van der Waals surface area contributed by atoms with Crippen LogP contribution in [0.4, 0.5) is 4.79 Å². The number of benzene rings is 2. The molecular weight excluding hydrogens is 566 g/mol. The lowest BCUT2D eigenvalue weighted by molar-refractivity contribution is 0.0173. The van der Waals surface area contributed by atoms with Crippen molar-refractivity contribution in [3.8, 4) is 16.9 Å². The van der Waals surface area contributed by atoms with Crippen molar-refractivity contribution in [3.63, 3.8) is 0 Å². The van der Waals surface area contributed by atoms with Gasteiger partial charge in [-0.3, -0.25) is 4.98 Å². The number of hydrogen-bond donors (Lipinski definition) is 2. The van der Waals surface area contributed by atoms with Crippen molar-refractivity contribution in [3.05, 3.63) is 77.1 Å². The summed E-state index contributed by atoms with van der Waals surface area (Å²) in [6.45, 7) is 0.670. The molecule has 1 aromatic heterocycles. The van der Waals surface area contributed by atoms with Crippen LogP contribution in [0.3, 0.4) is 0 Å². The number of amides is 1. The SMILES string of the molecule is CN(CCCCNC(=O)O)S(=O)(=O)c1ccc(Cl)c(COC2(c3cnccc3-c3ccccc3OC3CC3)CC2)c1. The van der Waals surface area contributed by atoms with E-state index in [1.165, 1.54) is 17.4 Å². The van der Waals surface area contributed by atoms with Gasteiger partial charge in [0.05, 0.1) is 23.2 Å². The van der Waals surface area contributed by atoms with Crippen molar-refractivity contribution in [1.29, 1.82) is 0 Å². The maximum absolute atomic E-state index is 13.2. The van der Waals surface area contributed by atoms with Crippen molar-refractivity contribution in [2.75, 3.05) is 20.1 Å². The molecule has 218 valence electrons. The molecule has 0 spiro atoms. The average molecular weight is 600 g/mol. The third-order valence-corrected chi connectivity index (χ3v) is 9.64. The quantitative estimate of drug-likeness (QED) is 0.224. The number of rotatable bonds is 14. The zero-order valence-corrected chi connectivity index (χ0v) is 24.5. The number of aromatic nitrogens is 1. The first-order valence-corrected chi connectivity index (χ1v) is 15.6. The Kier molecular flexibility index (Phi) is 8.84. The van der Waals surface area contributed by atoms with Gasteiger partial charge >= 0.3 is 6.09 Å². The van der Waals surface area contributed by atoms with Gasteiger partial charge in [-0.25, -0.2) is 17.5 Å². The van der Waals surface area contributed by atoms with Gasteiger partial charge in [-0.15, -0.1) is 0 Å². The third-order valence-electron chi connectivity index (χ3n) is 7.42. The van der Waals surface area contributed by atoms with Gasteiger partial charge in [-0.05, 0) is 80.0 Å². The fourth-order valence-corrected chi connectivity index (χ4v) is 6.18. The Morgan fingerprint density at radius 3 is 2.66 bits per heavy atom. The smallest absolute Gasteiger partial charge is 0.404 e. The lowest BCUT2D eigenvalue weighted by Crippen LogP contribution is -2.29. The van der Waals surface area contributed by atoms with E-state index in [1.807, 2.05) is 30.5 Å². The van der Waals surface area contributed by atoms with E-state index in [0.717, 1.165) is 48.1 Å². The molecule has 2 aliphatic rings. The Morgan fingerprint density at radius 1 is 1.15 bits per heavy atom.